The van der Waals surface area contributed by atoms with Gasteiger partial charge in [-0.3, -0.25) is 4.79 Å². The van der Waals surface area contributed by atoms with Crippen LogP contribution in [0.2, 0.25) is 0 Å². The van der Waals surface area contributed by atoms with Crippen LogP contribution in [-0.4, -0.2) is 36.2 Å². The molecular weight excluding hydrogens is 414 g/mol. The summed E-state index contributed by atoms with van der Waals surface area (Å²) in [5.41, 5.74) is 3.24. The number of methoxy groups -OCH3 is 2. The Morgan fingerprint density at radius 1 is 0.970 bits per heavy atom. The molecule has 6 nitrogen and oxygen atoms in total. The fourth-order valence-corrected chi connectivity index (χ4v) is 4.14. The lowest BCUT2D eigenvalue weighted by Gasteiger charge is -2.10. The number of amides is 1. The molecule has 1 amide bonds. The van der Waals surface area contributed by atoms with E-state index in [-0.39, 0.29) is 5.91 Å². The molecule has 0 bridgehead atoms. The fraction of sp³-hybridized carbons (Fsp3) is 0.481. The number of carbonyl (C=O) groups excluding carboxylic acids is 1. The molecular formula is C27H37N3O3. The highest BCUT2D eigenvalue weighted by molar-refractivity contribution is 5.78. The van der Waals surface area contributed by atoms with E-state index in [2.05, 4.69) is 41.1 Å². The first kappa shape index (κ1) is 24.6. The summed E-state index contributed by atoms with van der Waals surface area (Å²) in [5, 5.41) is 3.03. The molecule has 0 radical (unpaired) electrons. The van der Waals surface area contributed by atoms with Crippen molar-refractivity contribution in [1.29, 1.82) is 0 Å². The monoisotopic (exact) mass is 451 g/mol. The number of unbranched alkanes of at least 4 members (excludes halogenated alkanes) is 4. The SMILES string of the molecule is CCCCCn1c(CCCCCNC(=O)Cc2ccc(OC)c(OC)c2)nc2ccccc21. The molecule has 0 fully saturated rings. The highest BCUT2D eigenvalue weighted by Gasteiger charge is 2.11. The molecule has 0 aliphatic heterocycles. The van der Waals surface area contributed by atoms with E-state index in [1.54, 1.807) is 14.2 Å². The van der Waals surface area contributed by atoms with E-state index in [0.29, 0.717) is 24.5 Å². The molecule has 178 valence electrons. The van der Waals surface area contributed by atoms with Crippen molar-refractivity contribution < 1.29 is 14.3 Å². The van der Waals surface area contributed by atoms with Crippen LogP contribution in [0.5, 0.6) is 11.5 Å². The second kappa shape index (κ2) is 12.9. The number of fused-ring (bicyclic) bond motifs is 1. The summed E-state index contributed by atoms with van der Waals surface area (Å²) in [6, 6.07) is 14.0. The molecule has 33 heavy (non-hydrogen) atoms. The lowest BCUT2D eigenvalue weighted by atomic mass is 10.1. The number of imidazole rings is 1. The zero-order chi connectivity index (χ0) is 23.5. The smallest absolute Gasteiger partial charge is 0.224 e. The Morgan fingerprint density at radius 2 is 1.79 bits per heavy atom. The normalized spacial score (nSPS) is 11.0. The molecule has 0 atom stereocenters. The van der Waals surface area contributed by atoms with Crippen molar-refractivity contribution >= 4 is 16.9 Å². The number of ether oxygens (including phenoxy) is 2. The summed E-state index contributed by atoms with van der Waals surface area (Å²) in [6.45, 7) is 3.97. The molecule has 1 N–H and O–H groups in total. The summed E-state index contributed by atoms with van der Waals surface area (Å²) in [4.78, 5) is 17.2. The van der Waals surface area contributed by atoms with Crippen molar-refractivity contribution in [3.8, 4) is 11.5 Å². The first-order valence-corrected chi connectivity index (χ1v) is 12.1. The first-order chi connectivity index (χ1) is 16.2. The summed E-state index contributed by atoms with van der Waals surface area (Å²) in [7, 11) is 3.20. The van der Waals surface area contributed by atoms with E-state index < -0.39 is 0 Å². The van der Waals surface area contributed by atoms with E-state index in [9.17, 15) is 4.79 Å². The standard InChI is InChI=1S/C27H37N3O3/c1-4-5-11-18-30-23-13-9-8-12-22(23)29-26(30)14-7-6-10-17-28-27(31)20-21-15-16-24(32-2)25(19-21)33-3/h8-9,12-13,15-16,19H,4-7,10-11,14,17-18,20H2,1-3H3,(H,28,31). The molecule has 0 aliphatic carbocycles. The maximum absolute atomic E-state index is 12.3. The van der Waals surface area contributed by atoms with Crippen LogP contribution in [-0.2, 0) is 24.2 Å². The second-order valence-electron chi connectivity index (χ2n) is 8.40. The van der Waals surface area contributed by atoms with Gasteiger partial charge in [-0.1, -0.05) is 44.4 Å². The van der Waals surface area contributed by atoms with Gasteiger partial charge in [0.1, 0.15) is 5.82 Å². The minimum atomic E-state index is 0.0277. The molecule has 0 unspecified atom stereocenters. The molecule has 0 spiro atoms. The maximum Gasteiger partial charge on any atom is 0.224 e. The third-order valence-corrected chi connectivity index (χ3v) is 5.93. The van der Waals surface area contributed by atoms with Crippen LogP contribution in [0, 0.1) is 0 Å². The minimum Gasteiger partial charge on any atom is -0.493 e. The fourth-order valence-electron chi connectivity index (χ4n) is 4.14. The van der Waals surface area contributed by atoms with Crippen LogP contribution >= 0.6 is 0 Å². The molecule has 1 heterocycles. The first-order valence-electron chi connectivity index (χ1n) is 12.1. The van der Waals surface area contributed by atoms with E-state index in [4.69, 9.17) is 14.5 Å². The Labute approximate surface area is 197 Å². The van der Waals surface area contributed by atoms with Gasteiger partial charge in [0.25, 0.3) is 0 Å². The van der Waals surface area contributed by atoms with Gasteiger partial charge in [0.2, 0.25) is 5.91 Å². The summed E-state index contributed by atoms with van der Waals surface area (Å²) in [5.74, 6) is 2.52. The van der Waals surface area contributed by atoms with Crippen molar-refractivity contribution in [2.24, 2.45) is 0 Å². The van der Waals surface area contributed by atoms with Gasteiger partial charge in [-0.15, -0.1) is 0 Å². The van der Waals surface area contributed by atoms with E-state index in [1.165, 1.54) is 30.6 Å². The molecule has 1 aromatic heterocycles. The van der Waals surface area contributed by atoms with Crippen molar-refractivity contribution in [3.63, 3.8) is 0 Å². The third kappa shape index (κ3) is 6.98. The van der Waals surface area contributed by atoms with E-state index in [0.717, 1.165) is 43.3 Å². The van der Waals surface area contributed by atoms with E-state index >= 15 is 0 Å². The highest BCUT2D eigenvalue weighted by atomic mass is 16.5. The molecule has 0 saturated heterocycles. The highest BCUT2D eigenvalue weighted by Crippen LogP contribution is 2.27. The molecule has 6 heteroatoms. The molecule has 2 aromatic carbocycles. The summed E-state index contributed by atoms with van der Waals surface area (Å²) in [6.07, 6.45) is 8.07. The van der Waals surface area contributed by atoms with Crippen LogP contribution in [0.15, 0.2) is 42.5 Å². The topological polar surface area (TPSA) is 65.4 Å². The largest absolute Gasteiger partial charge is 0.493 e. The number of aromatic nitrogens is 2. The number of rotatable bonds is 14. The van der Waals surface area contributed by atoms with Crippen molar-refractivity contribution in [2.45, 2.75) is 64.8 Å². The Balaban J connectivity index is 1.41. The van der Waals surface area contributed by atoms with Crippen LogP contribution in [0.4, 0.5) is 0 Å². The van der Waals surface area contributed by atoms with Gasteiger partial charge < -0.3 is 19.4 Å². The zero-order valence-electron chi connectivity index (χ0n) is 20.2. The third-order valence-electron chi connectivity index (χ3n) is 5.93. The number of hydrogen-bond acceptors (Lipinski definition) is 4. The number of nitrogens with one attached hydrogen (secondary N) is 1. The predicted octanol–water partition coefficient (Wildman–Crippen LogP) is 5.32. The van der Waals surface area contributed by atoms with Crippen LogP contribution < -0.4 is 14.8 Å². The van der Waals surface area contributed by atoms with Crippen molar-refractivity contribution in [2.75, 3.05) is 20.8 Å². The molecule has 0 aliphatic rings. The van der Waals surface area contributed by atoms with Crippen LogP contribution in [0.25, 0.3) is 11.0 Å². The van der Waals surface area contributed by atoms with Gasteiger partial charge >= 0.3 is 0 Å². The quantitative estimate of drug-likeness (QED) is 0.337. The molecule has 3 rings (SSSR count). The van der Waals surface area contributed by atoms with Gasteiger partial charge in [-0.05, 0) is 49.1 Å². The predicted molar refractivity (Wildman–Crippen MR) is 133 cm³/mol. The lowest BCUT2D eigenvalue weighted by molar-refractivity contribution is -0.120. The van der Waals surface area contributed by atoms with Crippen molar-refractivity contribution in [1.82, 2.24) is 14.9 Å². The van der Waals surface area contributed by atoms with Gasteiger partial charge in [0.15, 0.2) is 11.5 Å². The number of benzene rings is 2. The Bertz CT molecular complexity index is 1030. The second-order valence-corrected chi connectivity index (χ2v) is 8.40. The average molecular weight is 452 g/mol. The van der Waals surface area contributed by atoms with Gasteiger partial charge in [0.05, 0.1) is 31.7 Å². The summed E-state index contributed by atoms with van der Waals surface area (Å²) >= 11 is 0. The number of para-hydroxylation sites is 2. The lowest BCUT2D eigenvalue weighted by Crippen LogP contribution is -2.26. The molecule has 3 aromatic rings. The number of nitrogens with zero attached hydrogens (tertiary/aromatic N) is 2. The zero-order valence-corrected chi connectivity index (χ0v) is 20.2. The van der Waals surface area contributed by atoms with Crippen LogP contribution in [0.1, 0.15) is 56.8 Å². The van der Waals surface area contributed by atoms with Gasteiger partial charge in [-0.2, -0.15) is 0 Å². The van der Waals surface area contributed by atoms with Crippen molar-refractivity contribution in [3.05, 3.63) is 53.9 Å². The Kier molecular flexibility index (Phi) is 9.60. The minimum absolute atomic E-state index is 0.0277. The number of hydrogen-bond donors (Lipinski definition) is 1. The van der Waals surface area contributed by atoms with Crippen LogP contribution in [0.3, 0.4) is 0 Å². The van der Waals surface area contributed by atoms with Gasteiger partial charge in [0, 0.05) is 19.5 Å². The Morgan fingerprint density at radius 3 is 2.58 bits per heavy atom. The van der Waals surface area contributed by atoms with E-state index in [1.807, 2.05) is 18.2 Å². The number of aryl methyl sites for hydroxylation is 2. The summed E-state index contributed by atoms with van der Waals surface area (Å²) < 4.78 is 13.0. The molecule has 0 saturated carbocycles. The van der Waals surface area contributed by atoms with Gasteiger partial charge in [-0.25, -0.2) is 4.98 Å². The average Bonchev–Trinajstić information content (AvgIpc) is 3.18. The maximum atomic E-state index is 12.3. The number of carbonyl (C=O) groups is 1. The Hall–Kier alpha value is -3.02.